The zero-order chi connectivity index (χ0) is 9.26. The molecule has 0 spiro atoms. The number of aryl methyl sites for hydroxylation is 1. The Bertz CT molecular complexity index is 315. The van der Waals surface area contributed by atoms with Crippen molar-refractivity contribution in [3.8, 4) is 0 Å². The lowest BCUT2D eigenvalue weighted by molar-refractivity contribution is 0.953. The SMILES string of the molecule is Cc1ccc(N2CCCC2=N)cn1. The highest BCUT2D eigenvalue weighted by Crippen LogP contribution is 2.20. The minimum atomic E-state index is 0.714. The molecule has 0 unspecified atom stereocenters. The molecule has 0 amide bonds. The molecule has 13 heavy (non-hydrogen) atoms. The lowest BCUT2D eigenvalue weighted by Crippen LogP contribution is -2.23. The highest BCUT2D eigenvalue weighted by Gasteiger charge is 2.17. The lowest BCUT2D eigenvalue weighted by atomic mass is 10.3. The van der Waals surface area contributed by atoms with Gasteiger partial charge >= 0.3 is 0 Å². The van der Waals surface area contributed by atoms with Gasteiger partial charge in [0.05, 0.1) is 11.9 Å². The normalized spacial score (nSPS) is 16.7. The molecule has 1 saturated heterocycles. The van der Waals surface area contributed by atoms with E-state index in [0.29, 0.717) is 5.84 Å². The van der Waals surface area contributed by atoms with Gasteiger partial charge < -0.3 is 4.90 Å². The number of nitrogens with one attached hydrogen (secondary N) is 1. The molecular formula is C10H13N3. The maximum absolute atomic E-state index is 7.70. The molecule has 1 aromatic rings. The highest BCUT2D eigenvalue weighted by atomic mass is 15.2. The van der Waals surface area contributed by atoms with Crippen LogP contribution in [0.15, 0.2) is 18.3 Å². The van der Waals surface area contributed by atoms with Crippen LogP contribution < -0.4 is 4.90 Å². The average Bonchev–Trinajstić information content (AvgIpc) is 2.53. The Morgan fingerprint density at radius 2 is 2.31 bits per heavy atom. The van der Waals surface area contributed by atoms with Crippen LogP contribution >= 0.6 is 0 Å². The van der Waals surface area contributed by atoms with E-state index in [1.807, 2.05) is 30.2 Å². The average molecular weight is 175 g/mol. The van der Waals surface area contributed by atoms with E-state index in [9.17, 15) is 0 Å². The number of anilines is 1. The van der Waals surface area contributed by atoms with Gasteiger partial charge in [-0.2, -0.15) is 0 Å². The van der Waals surface area contributed by atoms with Crippen LogP contribution in [0, 0.1) is 12.3 Å². The summed E-state index contributed by atoms with van der Waals surface area (Å²) in [5.41, 5.74) is 2.07. The Labute approximate surface area is 77.9 Å². The standard InChI is InChI=1S/C10H13N3/c1-8-4-5-9(7-12-8)13-6-2-3-10(13)11/h4-5,7,11H,2-3,6H2,1H3. The second-order valence-electron chi connectivity index (χ2n) is 3.36. The van der Waals surface area contributed by atoms with Crippen LogP contribution in [0.3, 0.4) is 0 Å². The van der Waals surface area contributed by atoms with Crippen molar-refractivity contribution in [1.82, 2.24) is 4.98 Å². The van der Waals surface area contributed by atoms with Crippen LogP contribution in [0.4, 0.5) is 5.69 Å². The Morgan fingerprint density at radius 1 is 1.46 bits per heavy atom. The first-order valence-electron chi connectivity index (χ1n) is 4.55. The molecule has 1 aliphatic heterocycles. The molecule has 0 bridgehead atoms. The first kappa shape index (κ1) is 8.23. The molecule has 1 aromatic heterocycles. The largest absolute Gasteiger partial charge is 0.329 e. The molecule has 1 N–H and O–H groups in total. The summed E-state index contributed by atoms with van der Waals surface area (Å²) in [6, 6.07) is 4.02. The van der Waals surface area contributed by atoms with E-state index in [0.717, 1.165) is 30.8 Å². The van der Waals surface area contributed by atoms with Crippen molar-refractivity contribution in [1.29, 1.82) is 5.41 Å². The highest BCUT2D eigenvalue weighted by molar-refractivity contribution is 5.97. The molecule has 3 heteroatoms. The van der Waals surface area contributed by atoms with Crippen molar-refractivity contribution in [3.05, 3.63) is 24.0 Å². The zero-order valence-corrected chi connectivity index (χ0v) is 7.75. The fourth-order valence-electron chi connectivity index (χ4n) is 1.58. The maximum Gasteiger partial charge on any atom is 0.100 e. The van der Waals surface area contributed by atoms with E-state index in [2.05, 4.69) is 4.98 Å². The lowest BCUT2D eigenvalue weighted by Gasteiger charge is -2.16. The fraction of sp³-hybridized carbons (Fsp3) is 0.400. The summed E-state index contributed by atoms with van der Waals surface area (Å²) < 4.78 is 0. The van der Waals surface area contributed by atoms with Crippen LogP contribution in [0.1, 0.15) is 18.5 Å². The van der Waals surface area contributed by atoms with Crippen molar-refractivity contribution < 1.29 is 0 Å². The third-order valence-corrected chi connectivity index (χ3v) is 2.33. The first-order valence-corrected chi connectivity index (χ1v) is 4.55. The van der Waals surface area contributed by atoms with E-state index in [-0.39, 0.29) is 0 Å². The van der Waals surface area contributed by atoms with E-state index in [1.54, 1.807) is 0 Å². The van der Waals surface area contributed by atoms with Crippen molar-refractivity contribution in [2.24, 2.45) is 0 Å². The van der Waals surface area contributed by atoms with Gasteiger partial charge in [-0.1, -0.05) is 0 Å². The summed E-state index contributed by atoms with van der Waals surface area (Å²) in [6.45, 7) is 2.93. The third-order valence-electron chi connectivity index (χ3n) is 2.33. The van der Waals surface area contributed by atoms with Gasteiger partial charge in [0.2, 0.25) is 0 Å². The van der Waals surface area contributed by atoms with Gasteiger partial charge in [-0.25, -0.2) is 0 Å². The molecule has 0 aromatic carbocycles. The summed E-state index contributed by atoms with van der Waals surface area (Å²) in [7, 11) is 0. The predicted octanol–water partition coefficient (Wildman–Crippen LogP) is 1.97. The molecule has 1 aliphatic rings. The first-order chi connectivity index (χ1) is 6.27. The number of rotatable bonds is 1. The van der Waals surface area contributed by atoms with Crippen molar-refractivity contribution in [2.75, 3.05) is 11.4 Å². The van der Waals surface area contributed by atoms with Crippen LogP contribution in [0.2, 0.25) is 0 Å². The van der Waals surface area contributed by atoms with E-state index < -0.39 is 0 Å². The Hall–Kier alpha value is -1.38. The van der Waals surface area contributed by atoms with E-state index >= 15 is 0 Å². The number of hydrogen-bond acceptors (Lipinski definition) is 2. The van der Waals surface area contributed by atoms with Crippen molar-refractivity contribution in [3.63, 3.8) is 0 Å². The van der Waals surface area contributed by atoms with Crippen molar-refractivity contribution in [2.45, 2.75) is 19.8 Å². The summed E-state index contributed by atoms with van der Waals surface area (Å²) in [4.78, 5) is 6.24. The summed E-state index contributed by atoms with van der Waals surface area (Å²) in [5.74, 6) is 0.714. The Kier molecular flexibility index (Phi) is 2.00. The number of hydrogen-bond donors (Lipinski definition) is 1. The third kappa shape index (κ3) is 1.54. The Morgan fingerprint density at radius 3 is 2.85 bits per heavy atom. The fourth-order valence-corrected chi connectivity index (χ4v) is 1.58. The molecule has 0 aliphatic carbocycles. The molecule has 3 nitrogen and oxygen atoms in total. The number of aromatic nitrogens is 1. The monoisotopic (exact) mass is 175 g/mol. The van der Waals surface area contributed by atoms with Crippen LogP contribution in [0.25, 0.3) is 0 Å². The van der Waals surface area contributed by atoms with Gasteiger partial charge in [-0.05, 0) is 25.5 Å². The van der Waals surface area contributed by atoms with E-state index in [4.69, 9.17) is 5.41 Å². The minimum absolute atomic E-state index is 0.714. The second-order valence-corrected chi connectivity index (χ2v) is 3.36. The predicted molar refractivity (Wildman–Crippen MR) is 53.3 cm³/mol. The molecule has 0 atom stereocenters. The number of nitrogens with zero attached hydrogens (tertiary/aromatic N) is 2. The van der Waals surface area contributed by atoms with Gasteiger partial charge in [0.15, 0.2) is 0 Å². The van der Waals surface area contributed by atoms with Gasteiger partial charge in [-0.15, -0.1) is 0 Å². The quantitative estimate of drug-likeness (QED) is 0.708. The molecule has 2 heterocycles. The molecule has 68 valence electrons. The summed E-state index contributed by atoms with van der Waals surface area (Å²) in [6.07, 6.45) is 3.83. The second kappa shape index (κ2) is 3.17. The molecule has 0 radical (unpaired) electrons. The number of pyridine rings is 1. The number of amidine groups is 1. The minimum Gasteiger partial charge on any atom is -0.329 e. The van der Waals surface area contributed by atoms with Crippen molar-refractivity contribution >= 4 is 11.5 Å². The summed E-state index contributed by atoms with van der Waals surface area (Å²) in [5, 5.41) is 7.70. The van der Waals surface area contributed by atoms with Gasteiger partial charge in [-0.3, -0.25) is 10.4 Å². The van der Waals surface area contributed by atoms with E-state index in [1.165, 1.54) is 0 Å². The summed E-state index contributed by atoms with van der Waals surface area (Å²) >= 11 is 0. The zero-order valence-electron chi connectivity index (χ0n) is 7.75. The smallest absolute Gasteiger partial charge is 0.100 e. The van der Waals surface area contributed by atoms with Gasteiger partial charge in [0.25, 0.3) is 0 Å². The molecule has 1 fully saturated rings. The Balaban J connectivity index is 2.25. The van der Waals surface area contributed by atoms with Crippen LogP contribution in [0.5, 0.6) is 0 Å². The van der Waals surface area contributed by atoms with Crippen LogP contribution in [-0.4, -0.2) is 17.4 Å². The van der Waals surface area contributed by atoms with Gasteiger partial charge in [0.1, 0.15) is 5.84 Å². The molecule has 0 saturated carbocycles. The topological polar surface area (TPSA) is 40.0 Å². The molecular weight excluding hydrogens is 162 g/mol. The maximum atomic E-state index is 7.70. The molecule has 2 rings (SSSR count). The van der Waals surface area contributed by atoms with Crippen LogP contribution in [-0.2, 0) is 0 Å². The van der Waals surface area contributed by atoms with Gasteiger partial charge in [0, 0.05) is 18.7 Å².